The van der Waals surface area contributed by atoms with E-state index in [0.717, 1.165) is 5.56 Å². The van der Waals surface area contributed by atoms with E-state index in [-0.39, 0.29) is 18.0 Å². The van der Waals surface area contributed by atoms with Crippen LogP contribution in [0.15, 0.2) is 41.0 Å². The third-order valence-electron chi connectivity index (χ3n) is 3.84. The van der Waals surface area contributed by atoms with Crippen LogP contribution in [-0.4, -0.2) is 38.0 Å². The number of esters is 1. The van der Waals surface area contributed by atoms with E-state index in [9.17, 15) is 9.59 Å². The third-order valence-corrected chi connectivity index (χ3v) is 4.79. The highest BCUT2D eigenvalue weighted by molar-refractivity contribution is 9.10. The van der Waals surface area contributed by atoms with Gasteiger partial charge < -0.3 is 10.1 Å². The molecule has 3 aromatic rings. The van der Waals surface area contributed by atoms with Crippen molar-refractivity contribution in [2.24, 2.45) is 7.05 Å². The summed E-state index contributed by atoms with van der Waals surface area (Å²) < 4.78 is 8.51. The molecule has 0 bridgehead atoms. The normalized spacial score (nSPS) is 10.7. The lowest BCUT2D eigenvalue weighted by Gasteiger charge is -2.04. The number of nitrogens with zero attached hydrogens (tertiary/aromatic N) is 4. The lowest BCUT2D eigenvalue weighted by atomic mass is 10.2. The Morgan fingerprint density at radius 1 is 1.29 bits per heavy atom. The minimum absolute atomic E-state index is 0.0816. The Morgan fingerprint density at radius 3 is 2.75 bits per heavy atom. The number of aryl methyl sites for hydroxylation is 1. The van der Waals surface area contributed by atoms with E-state index >= 15 is 0 Å². The van der Waals surface area contributed by atoms with E-state index in [1.165, 1.54) is 10.7 Å². The first-order valence-corrected chi connectivity index (χ1v) is 9.55. The number of amides is 1. The van der Waals surface area contributed by atoms with Crippen LogP contribution in [0.4, 0.5) is 5.82 Å². The topological polar surface area (TPSA) is 91.0 Å². The van der Waals surface area contributed by atoms with Crippen molar-refractivity contribution in [1.82, 2.24) is 19.6 Å². The Balaban J connectivity index is 1.74. The van der Waals surface area contributed by atoms with Crippen molar-refractivity contribution in [3.63, 3.8) is 0 Å². The molecule has 2 heterocycles. The number of carbonyl (C=O) groups is 2. The standard InChI is InChI=1S/C18H17BrClN5O3/c1-3-28-18(27)15-8-14(22-24(15)2)17(26)21-16-12(19)10-25(23-16)9-11-6-4-5-7-13(11)20/h4-8,10H,3,9H2,1-2H3,(H,21,23,26). The molecular weight excluding hydrogens is 450 g/mol. The maximum absolute atomic E-state index is 12.5. The van der Waals surface area contributed by atoms with Gasteiger partial charge in [0.05, 0.1) is 17.6 Å². The molecule has 8 nitrogen and oxygen atoms in total. The lowest BCUT2D eigenvalue weighted by molar-refractivity contribution is 0.0513. The summed E-state index contributed by atoms with van der Waals surface area (Å²) in [4.78, 5) is 24.4. The molecule has 0 aliphatic carbocycles. The van der Waals surface area contributed by atoms with E-state index in [1.807, 2.05) is 18.2 Å². The molecular formula is C18H17BrClN5O3. The molecule has 10 heteroatoms. The Hall–Kier alpha value is -2.65. The second-order valence-corrected chi connectivity index (χ2v) is 7.09. The van der Waals surface area contributed by atoms with Crippen LogP contribution in [0, 0.1) is 0 Å². The van der Waals surface area contributed by atoms with Gasteiger partial charge in [-0.2, -0.15) is 10.2 Å². The van der Waals surface area contributed by atoms with Gasteiger partial charge in [0.15, 0.2) is 11.5 Å². The molecule has 0 atom stereocenters. The van der Waals surface area contributed by atoms with Crippen molar-refractivity contribution in [2.75, 3.05) is 11.9 Å². The number of anilines is 1. The smallest absolute Gasteiger partial charge is 0.356 e. The quantitative estimate of drug-likeness (QED) is 0.561. The molecule has 2 aromatic heterocycles. The molecule has 1 N–H and O–H groups in total. The van der Waals surface area contributed by atoms with Gasteiger partial charge in [-0.1, -0.05) is 29.8 Å². The number of hydrogen-bond acceptors (Lipinski definition) is 5. The van der Waals surface area contributed by atoms with Gasteiger partial charge in [0.1, 0.15) is 5.69 Å². The molecule has 1 amide bonds. The number of hydrogen-bond donors (Lipinski definition) is 1. The summed E-state index contributed by atoms with van der Waals surface area (Å²) in [7, 11) is 1.57. The van der Waals surface area contributed by atoms with Crippen molar-refractivity contribution in [1.29, 1.82) is 0 Å². The predicted molar refractivity (Wildman–Crippen MR) is 108 cm³/mol. The molecule has 28 heavy (non-hydrogen) atoms. The number of nitrogens with one attached hydrogen (secondary N) is 1. The fourth-order valence-corrected chi connectivity index (χ4v) is 3.12. The zero-order valence-electron chi connectivity index (χ0n) is 15.1. The summed E-state index contributed by atoms with van der Waals surface area (Å²) in [6, 6.07) is 8.84. The highest BCUT2D eigenvalue weighted by atomic mass is 79.9. The third kappa shape index (κ3) is 4.42. The first-order chi connectivity index (χ1) is 13.4. The van der Waals surface area contributed by atoms with Gasteiger partial charge in [0.25, 0.3) is 5.91 Å². The number of aromatic nitrogens is 4. The van der Waals surface area contributed by atoms with Gasteiger partial charge in [0, 0.05) is 24.3 Å². The van der Waals surface area contributed by atoms with E-state index in [0.29, 0.717) is 21.9 Å². The SMILES string of the molecule is CCOC(=O)c1cc(C(=O)Nc2nn(Cc3ccccc3Cl)cc2Br)nn1C. The fraction of sp³-hybridized carbons (Fsp3) is 0.222. The maximum atomic E-state index is 12.5. The zero-order chi connectivity index (χ0) is 20.3. The number of halogens is 2. The Kier molecular flexibility index (Phi) is 6.15. The molecule has 0 spiro atoms. The summed E-state index contributed by atoms with van der Waals surface area (Å²) in [6.45, 7) is 2.39. The van der Waals surface area contributed by atoms with Crippen molar-refractivity contribution in [3.05, 3.63) is 63.0 Å². The average Bonchev–Trinajstić information content (AvgIpc) is 3.20. The van der Waals surface area contributed by atoms with Gasteiger partial charge in [-0.25, -0.2) is 4.79 Å². The molecule has 146 valence electrons. The van der Waals surface area contributed by atoms with Crippen molar-refractivity contribution >= 4 is 45.2 Å². The van der Waals surface area contributed by atoms with Crippen LogP contribution in [0.5, 0.6) is 0 Å². The van der Waals surface area contributed by atoms with Gasteiger partial charge >= 0.3 is 5.97 Å². The van der Waals surface area contributed by atoms with Crippen LogP contribution in [0.1, 0.15) is 33.5 Å². The van der Waals surface area contributed by atoms with Gasteiger partial charge in [-0.3, -0.25) is 14.2 Å². The zero-order valence-corrected chi connectivity index (χ0v) is 17.5. The Morgan fingerprint density at radius 2 is 2.04 bits per heavy atom. The second-order valence-electron chi connectivity index (χ2n) is 5.83. The molecule has 0 fully saturated rings. The minimum Gasteiger partial charge on any atom is -0.461 e. The molecule has 0 radical (unpaired) electrons. The molecule has 1 aromatic carbocycles. The molecule has 0 saturated carbocycles. The largest absolute Gasteiger partial charge is 0.461 e. The number of benzene rings is 1. The van der Waals surface area contributed by atoms with Crippen molar-refractivity contribution in [3.8, 4) is 0 Å². The molecule has 0 aliphatic rings. The molecule has 3 rings (SSSR count). The van der Waals surface area contributed by atoms with Crippen LogP contribution in [-0.2, 0) is 18.3 Å². The van der Waals surface area contributed by atoms with Crippen molar-refractivity contribution in [2.45, 2.75) is 13.5 Å². The van der Waals surface area contributed by atoms with Crippen LogP contribution in [0.2, 0.25) is 5.02 Å². The number of carbonyl (C=O) groups excluding carboxylic acids is 2. The average molecular weight is 467 g/mol. The lowest BCUT2D eigenvalue weighted by Crippen LogP contribution is -2.14. The number of rotatable bonds is 6. The summed E-state index contributed by atoms with van der Waals surface area (Å²) in [5.74, 6) is -0.697. The predicted octanol–water partition coefficient (Wildman–Crippen LogP) is 3.51. The summed E-state index contributed by atoms with van der Waals surface area (Å²) in [5, 5.41) is 11.7. The van der Waals surface area contributed by atoms with Crippen molar-refractivity contribution < 1.29 is 14.3 Å². The molecule has 0 aliphatic heterocycles. The van der Waals surface area contributed by atoms with Crippen LogP contribution < -0.4 is 5.32 Å². The second kappa shape index (κ2) is 8.57. The Labute approximate surface area is 174 Å². The summed E-state index contributed by atoms with van der Waals surface area (Å²) in [5.41, 5.74) is 1.18. The first-order valence-electron chi connectivity index (χ1n) is 8.38. The van der Waals surface area contributed by atoms with E-state index in [4.69, 9.17) is 16.3 Å². The van der Waals surface area contributed by atoms with Crippen LogP contribution in [0.3, 0.4) is 0 Å². The summed E-state index contributed by atoms with van der Waals surface area (Å²) in [6.07, 6.45) is 1.74. The van der Waals surface area contributed by atoms with Gasteiger partial charge in [0.2, 0.25) is 0 Å². The first kappa shape index (κ1) is 20.1. The highest BCUT2D eigenvalue weighted by Gasteiger charge is 2.20. The van der Waals surface area contributed by atoms with Gasteiger partial charge in [-0.05, 0) is 34.5 Å². The molecule has 0 saturated heterocycles. The highest BCUT2D eigenvalue weighted by Crippen LogP contribution is 2.23. The van der Waals surface area contributed by atoms with Crippen LogP contribution in [0.25, 0.3) is 0 Å². The summed E-state index contributed by atoms with van der Waals surface area (Å²) >= 11 is 9.56. The molecule has 0 unspecified atom stereocenters. The van der Waals surface area contributed by atoms with E-state index in [1.54, 1.807) is 30.9 Å². The minimum atomic E-state index is -0.540. The maximum Gasteiger partial charge on any atom is 0.356 e. The monoisotopic (exact) mass is 465 g/mol. The number of ether oxygens (including phenoxy) is 1. The van der Waals surface area contributed by atoms with Gasteiger partial charge in [-0.15, -0.1) is 0 Å². The fourth-order valence-electron chi connectivity index (χ4n) is 2.51. The Bertz CT molecular complexity index is 1030. The van der Waals surface area contributed by atoms with E-state index < -0.39 is 11.9 Å². The van der Waals surface area contributed by atoms with E-state index in [2.05, 4.69) is 31.4 Å². The van der Waals surface area contributed by atoms with Crippen LogP contribution >= 0.6 is 27.5 Å².